The Morgan fingerprint density at radius 2 is 1.85 bits per heavy atom. The number of hydrogen-bond donors (Lipinski definition) is 1. The normalized spacial score (nSPS) is 10.7. The molecular formula is C19H21N5O2. The van der Waals surface area contributed by atoms with Gasteiger partial charge in [-0.1, -0.05) is 6.07 Å². The van der Waals surface area contributed by atoms with Crippen molar-refractivity contribution in [3.05, 3.63) is 66.0 Å². The van der Waals surface area contributed by atoms with E-state index in [4.69, 9.17) is 0 Å². The molecule has 26 heavy (non-hydrogen) atoms. The summed E-state index contributed by atoms with van der Waals surface area (Å²) < 4.78 is 1.65. The summed E-state index contributed by atoms with van der Waals surface area (Å²) in [6, 6.07) is 9.09. The van der Waals surface area contributed by atoms with Crippen LogP contribution in [0.2, 0.25) is 0 Å². The first kappa shape index (κ1) is 17.6. The highest BCUT2D eigenvalue weighted by atomic mass is 16.2. The highest BCUT2D eigenvalue weighted by Crippen LogP contribution is 2.15. The Morgan fingerprint density at radius 1 is 1.12 bits per heavy atom. The molecule has 0 radical (unpaired) electrons. The van der Waals surface area contributed by atoms with Gasteiger partial charge in [0.25, 0.3) is 11.8 Å². The molecule has 0 saturated carbocycles. The van der Waals surface area contributed by atoms with E-state index >= 15 is 0 Å². The zero-order valence-corrected chi connectivity index (χ0v) is 14.8. The van der Waals surface area contributed by atoms with Crippen LogP contribution in [0.25, 0.3) is 5.52 Å². The number of fused-ring (bicyclic) bond motifs is 1. The number of carbonyl (C=O) groups excluding carboxylic acids is 2. The van der Waals surface area contributed by atoms with Crippen molar-refractivity contribution in [1.29, 1.82) is 0 Å². The number of pyridine rings is 2. The van der Waals surface area contributed by atoms with Gasteiger partial charge in [-0.15, -0.1) is 0 Å². The molecule has 7 nitrogen and oxygen atoms in total. The van der Waals surface area contributed by atoms with Gasteiger partial charge in [-0.25, -0.2) is 4.98 Å². The minimum Gasteiger partial charge on any atom is -0.345 e. The lowest BCUT2D eigenvalue weighted by Gasteiger charge is -2.17. The van der Waals surface area contributed by atoms with E-state index < -0.39 is 0 Å². The largest absolute Gasteiger partial charge is 0.345 e. The quantitative estimate of drug-likeness (QED) is 0.738. The van der Waals surface area contributed by atoms with E-state index in [2.05, 4.69) is 15.3 Å². The summed E-state index contributed by atoms with van der Waals surface area (Å²) in [5, 5.41) is 2.84. The first-order valence-electron chi connectivity index (χ1n) is 8.59. The zero-order chi connectivity index (χ0) is 18.5. The maximum atomic E-state index is 12.7. The van der Waals surface area contributed by atoms with Crippen LogP contribution in [0.15, 0.2) is 48.9 Å². The molecule has 7 heteroatoms. The van der Waals surface area contributed by atoms with Crippen molar-refractivity contribution >= 4 is 17.3 Å². The van der Waals surface area contributed by atoms with E-state index in [1.165, 1.54) is 0 Å². The molecule has 0 aliphatic heterocycles. The molecule has 0 saturated heterocycles. The fraction of sp³-hybridized carbons (Fsp3) is 0.263. The predicted molar refractivity (Wildman–Crippen MR) is 97.9 cm³/mol. The minimum absolute atomic E-state index is 0.174. The van der Waals surface area contributed by atoms with Crippen LogP contribution in [0.4, 0.5) is 0 Å². The molecule has 0 aromatic carbocycles. The average molecular weight is 351 g/mol. The van der Waals surface area contributed by atoms with Gasteiger partial charge >= 0.3 is 0 Å². The van der Waals surface area contributed by atoms with Gasteiger partial charge in [0.1, 0.15) is 0 Å². The molecule has 0 atom stereocenters. The lowest BCUT2D eigenvalue weighted by atomic mass is 10.3. The standard InChI is InChI=1S/C19H21N5O2/c1-3-23(4-2)19(26)16-15-7-5-6-12-24(15)17(22-16)18(25)21-13-14-8-10-20-11-9-14/h5-12H,3-4,13H2,1-2H3,(H,21,25). The molecule has 134 valence electrons. The number of nitrogens with one attached hydrogen (secondary N) is 1. The first-order chi connectivity index (χ1) is 12.7. The highest BCUT2D eigenvalue weighted by Gasteiger charge is 2.23. The maximum absolute atomic E-state index is 12.7. The number of aromatic nitrogens is 3. The molecule has 3 rings (SSSR count). The van der Waals surface area contributed by atoms with Crippen molar-refractivity contribution in [3.63, 3.8) is 0 Å². The summed E-state index contributed by atoms with van der Waals surface area (Å²) in [6.45, 7) is 5.38. The number of rotatable bonds is 6. The van der Waals surface area contributed by atoms with Gasteiger partial charge in [0.15, 0.2) is 5.69 Å². The van der Waals surface area contributed by atoms with Gasteiger partial charge < -0.3 is 10.2 Å². The number of nitrogens with zero attached hydrogens (tertiary/aromatic N) is 4. The topological polar surface area (TPSA) is 79.6 Å². The second kappa shape index (κ2) is 7.77. The molecule has 2 amide bonds. The Bertz CT molecular complexity index is 916. The fourth-order valence-electron chi connectivity index (χ4n) is 2.78. The van der Waals surface area contributed by atoms with Crippen LogP contribution < -0.4 is 5.32 Å². The van der Waals surface area contributed by atoms with Gasteiger partial charge in [0.05, 0.1) is 5.52 Å². The van der Waals surface area contributed by atoms with Crippen molar-refractivity contribution in [3.8, 4) is 0 Å². The lowest BCUT2D eigenvalue weighted by molar-refractivity contribution is 0.0769. The van der Waals surface area contributed by atoms with Gasteiger partial charge in [0.2, 0.25) is 5.82 Å². The lowest BCUT2D eigenvalue weighted by Crippen LogP contribution is -2.31. The van der Waals surface area contributed by atoms with Crippen LogP contribution in [-0.4, -0.2) is 44.2 Å². The third-order valence-electron chi connectivity index (χ3n) is 4.21. The Kier molecular flexibility index (Phi) is 5.26. The average Bonchev–Trinajstić information content (AvgIpc) is 3.07. The monoisotopic (exact) mass is 351 g/mol. The number of hydrogen-bond acceptors (Lipinski definition) is 4. The summed E-state index contributed by atoms with van der Waals surface area (Å²) in [5.41, 5.74) is 1.86. The van der Waals surface area contributed by atoms with Crippen LogP contribution in [0.1, 0.15) is 40.5 Å². The zero-order valence-electron chi connectivity index (χ0n) is 14.8. The minimum atomic E-state index is -0.332. The summed E-state index contributed by atoms with van der Waals surface area (Å²) in [4.78, 5) is 35.4. The third kappa shape index (κ3) is 3.42. The fourth-order valence-corrected chi connectivity index (χ4v) is 2.78. The van der Waals surface area contributed by atoms with Crippen LogP contribution >= 0.6 is 0 Å². The molecule has 0 unspecified atom stereocenters. The first-order valence-corrected chi connectivity index (χ1v) is 8.59. The molecule has 0 aliphatic carbocycles. The maximum Gasteiger partial charge on any atom is 0.287 e. The van der Waals surface area contributed by atoms with Crippen molar-refractivity contribution in [2.45, 2.75) is 20.4 Å². The Hall–Kier alpha value is -3.22. The van der Waals surface area contributed by atoms with E-state index in [9.17, 15) is 9.59 Å². The number of amides is 2. The van der Waals surface area contributed by atoms with Crippen LogP contribution in [0, 0.1) is 0 Å². The summed E-state index contributed by atoms with van der Waals surface area (Å²) in [7, 11) is 0. The van der Waals surface area contributed by atoms with Crippen molar-refractivity contribution < 1.29 is 9.59 Å². The van der Waals surface area contributed by atoms with Gasteiger partial charge in [0, 0.05) is 38.2 Å². The van der Waals surface area contributed by atoms with Crippen LogP contribution in [-0.2, 0) is 6.54 Å². The van der Waals surface area contributed by atoms with Crippen molar-refractivity contribution in [2.75, 3.05) is 13.1 Å². The van der Waals surface area contributed by atoms with Gasteiger partial charge in [-0.3, -0.25) is 19.0 Å². The van der Waals surface area contributed by atoms with E-state index in [0.717, 1.165) is 5.56 Å². The van der Waals surface area contributed by atoms with E-state index in [1.807, 2.05) is 32.0 Å². The Labute approximate surface area is 151 Å². The Morgan fingerprint density at radius 3 is 2.54 bits per heavy atom. The van der Waals surface area contributed by atoms with Crippen molar-refractivity contribution in [2.24, 2.45) is 0 Å². The molecule has 3 aromatic heterocycles. The van der Waals surface area contributed by atoms with E-state index in [0.29, 0.717) is 30.8 Å². The smallest absolute Gasteiger partial charge is 0.287 e. The number of imidazole rings is 1. The molecule has 3 aromatic rings. The second-order valence-electron chi connectivity index (χ2n) is 5.76. The molecular weight excluding hydrogens is 330 g/mol. The molecule has 0 fully saturated rings. The molecule has 1 N–H and O–H groups in total. The molecule has 3 heterocycles. The van der Waals surface area contributed by atoms with Gasteiger partial charge in [-0.2, -0.15) is 0 Å². The van der Waals surface area contributed by atoms with Crippen LogP contribution in [0.3, 0.4) is 0 Å². The highest BCUT2D eigenvalue weighted by molar-refractivity contribution is 6.02. The Balaban J connectivity index is 1.91. The number of carbonyl (C=O) groups is 2. The van der Waals surface area contributed by atoms with Gasteiger partial charge in [-0.05, 0) is 43.7 Å². The van der Waals surface area contributed by atoms with Crippen LogP contribution in [0.5, 0.6) is 0 Å². The SMILES string of the molecule is CCN(CC)C(=O)c1nc(C(=O)NCc2ccncc2)n2ccccc12. The molecule has 0 spiro atoms. The summed E-state index contributed by atoms with van der Waals surface area (Å²) in [5.74, 6) is -0.307. The van der Waals surface area contributed by atoms with E-state index in [-0.39, 0.29) is 17.6 Å². The summed E-state index contributed by atoms with van der Waals surface area (Å²) >= 11 is 0. The molecule has 0 bridgehead atoms. The second-order valence-corrected chi connectivity index (χ2v) is 5.76. The van der Waals surface area contributed by atoms with Crippen molar-refractivity contribution in [1.82, 2.24) is 24.6 Å². The predicted octanol–water partition coefficient (Wildman–Crippen LogP) is 2.14. The molecule has 0 aliphatic rings. The summed E-state index contributed by atoms with van der Waals surface area (Å²) in [6.07, 6.45) is 5.09. The third-order valence-corrected chi connectivity index (χ3v) is 4.21. The van der Waals surface area contributed by atoms with E-state index in [1.54, 1.807) is 40.0 Å².